The van der Waals surface area contributed by atoms with E-state index >= 15 is 0 Å². The molecule has 6 heteroatoms. The van der Waals surface area contributed by atoms with Gasteiger partial charge < -0.3 is 10.6 Å². The van der Waals surface area contributed by atoms with Crippen LogP contribution in [0.25, 0.3) is 21.3 Å². The van der Waals surface area contributed by atoms with Crippen molar-refractivity contribution in [1.29, 1.82) is 0 Å². The Bertz CT molecular complexity index is 1200. The number of para-hydroxylation sites is 1. The van der Waals surface area contributed by atoms with E-state index in [0.29, 0.717) is 13.0 Å². The van der Waals surface area contributed by atoms with Crippen molar-refractivity contribution >= 4 is 39.0 Å². The second-order valence-corrected chi connectivity index (χ2v) is 8.54. The van der Waals surface area contributed by atoms with Crippen molar-refractivity contribution in [3.05, 3.63) is 70.9 Å². The SMILES string of the molecule is Cc1ccc(-c2c(C)sc3ncnc(NCCC(=O)Nc4ccccc4C)c23)cc1. The zero-order chi connectivity index (χ0) is 21.1. The van der Waals surface area contributed by atoms with E-state index in [9.17, 15) is 4.79 Å². The first-order valence-corrected chi connectivity index (χ1v) is 10.7. The topological polar surface area (TPSA) is 66.9 Å². The molecule has 0 aliphatic carbocycles. The van der Waals surface area contributed by atoms with Gasteiger partial charge in [-0.3, -0.25) is 4.79 Å². The average molecular weight is 417 g/mol. The van der Waals surface area contributed by atoms with Crippen LogP contribution in [0.5, 0.6) is 0 Å². The Morgan fingerprint density at radius 2 is 1.77 bits per heavy atom. The van der Waals surface area contributed by atoms with Crippen molar-refractivity contribution in [2.45, 2.75) is 27.2 Å². The summed E-state index contributed by atoms with van der Waals surface area (Å²) >= 11 is 1.66. The number of anilines is 2. The lowest BCUT2D eigenvalue weighted by molar-refractivity contribution is -0.115. The molecular weight excluding hydrogens is 392 g/mol. The molecule has 0 spiro atoms. The predicted molar refractivity (Wildman–Crippen MR) is 125 cm³/mol. The van der Waals surface area contributed by atoms with Gasteiger partial charge in [0.15, 0.2) is 0 Å². The van der Waals surface area contributed by atoms with Gasteiger partial charge in [0, 0.05) is 29.1 Å². The number of carbonyl (C=O) groups is 1. The minimum absolute atomic E-state index is 0.0256. The molecule has 2 N–H and O–H groups in total. The van der Waals surface area contributed by atoms with Crippen LogP contribution in [0, 0.1) is 20.8 Å². The van der Waals surface area contributed by atoms with Crippen LogP contribution in [-0.2, 0) is 4.79 Å². The molecule has 0 atom stereocenters. The first-order valence-electron chi connectivity index (χ1n) is 9.93. The van der Waals surface area contributed by atoms with Gasteiger partial charge in [-0.1, -0.05) is 48.0 Å². The Hall–Kier alpha value is -3.25. The van der Waals surface area contributed by atoms with Crippen molar-refractivity contribution in [1.82, 2.24) is 9.97 Å². The Balaban J connectivity index is 1.52. The molecule has 0 bridgehead atoms. The molecule has 0 saturated carbocycles. The summed E-state index contributed by atoms with van der Waals surface area (Å²) in [7, 11) is 0. The van der Waals surface area contributed by atoms with Gasteiger partial charge >= 0.3 is 0 Å². The van der Waals surface area contributed by atoms with Gasteiger partial charge in [0.25, 0.3) is 0 Å². The molecule has 4 aromatic rings. The van der Waals surface area contributed by atoms with Crippen LogP contribution < -0.4 is 10.6 Å². The molecule has 4 rings (SSSR count). The zero-order valence-corrected chi connectivity index (χ0v) is 18.1. The fraction of sp³-hybridized carbons (Fsp3) is 0.208. The van der Waals surface area contributed by atoms with Gasteiger partial charge in [-0.05, 0) is 38.0 Å². The molecule has 0 aliphatic heterocycles. The summed E-state index contributed by atoms with van der Waals surface area (Å²) in [5.41, 5.74) is 5.43. The van der Waals surface area contributed by atoms with E-state index in [1.807, 2.05) is 31.2 Å². The van der Waals surface area contributed by atoms with Gasteiger partial charge in [-0.15, -0.1) is 11.3 Å². The van der Waals surface area contributed by atoms with Crippen LogP contribution in [0.3, 0.4) is 0 Å². The predicted octanol–water partition coefficient (Wildman–Crippen LogP) is 5.72. The summed E-state index contributed by atoms with van der Waals surface area (Å²) in [6.07, 6.45) is 1.93. The lowest BCUT2D eigenvalue weighted by atomic mass is 10.0. The van der Waals surface area contributed by atoms with E-state index in [2.05, 4.69) is 58.7 Å². The van der Waals surface area contributed by atoms with Gasteiger partial charge in [0.05, 0.1) is 5.39 Å². The van der Waals surface area contributed by atoms with Crippen molar-refractivity contribution in [2.24, 2.45) is 0 Å². The van der Waals surface area contributed by atoms with Crippen LogP contribution in [0.1, 0.15) is 22.4 Å². The third-order valence-corrected chi connectivity index (χ3v) is 6.08. The largest absolute Gasteiger partial charge is 0.369 e. The van der Waals surface area contributed by atoms with Crippen molar-refractivity contribution in [3.8, 4) is 11.1 Å². The average Bonchev–Trinajstić information content (AvgIpc) is 3.07. The third kappa shape index (κ3) is 4.19. The number of nitrogens with one attached hydrogen (secondary N) is 2. The van der Waals surface area contributed by atoms with Crippen molar-refractivity contribution in [2.75, 3.05) is 17.2 Å². The number of aromatic nitrogens is 2. The Labute approximate surface area is 180 Å². The van der Waals surface area contributed by atoms with Crippen molar-refractivity contribution in [3.63, 3.8) is 0 Å². The van der Waals surface area contributed by atoms with Crippen molar-refractivity contribution < 1.29 is 4.79 Å². The number of hydrogen-bond acceptors (Lipinski definition) is 5. The number of fused-ring (bicyclic) bond motifs is 1. The highest BCUT2D eigenvalue weighted by Crippen LogP contribution is 2.40. The molecule has 2 heterocycles. The molecule has 2 aromatic carbocycles. The molecule has 30 heavy (non-hydrogen) atoms. The number of rotatable bonds is 6. The molecule has 0 radical (unpaired) electrons. The standard InChI is InChI=1S/C24H24N4OS/c1-15-8-10-18(11-9-15)21-17(3)30-24-22(21)23(26-14-27-24)25-13-12-20(29)28-19-7-5-4-6-16(19)2/h4-11,14H,12-13H2,1-3H3,(H,28,29)(H,25,26,27). The molecule has 0 unspecified atom stereocenters. The van der Waals surface area contributed by atoms with Gasteiger partial charge in [0.1, 0.15) is 17.0 Å². The second-order valence-electron chi connectivity index (χ2n) is 7.34. The smallest absolute Gasteiger partial charge is 0.226 e. The normalized spacial score (nSPS) is 10.9. The maximum Gasteiger partial charge on any atom is 0.226 e. The molecule has 0 fully saturated rings. The first kappa shape index (κ1) is 20.0. The first-order chi connectivity index (χ1) is 14.5. The molecule has 0 saturated heterocycles. The van der Waals surface area contributed by atoms with E-state index < -0.39 is 0 Å². The Morgan fingerprint density at radius 3 is 2.53 bits per heavy atom. The highest BCUT2D eigenvalue weighted by Gasteiger charge is 2.16. The lowest BCUT2D eigenvalue weighted by Gasteiger charge is -2.10. The van der Waals surface area contributed by atoms with E-state index in [0.717, 1.165) is 38.4 Å². The number of benzene rings is 2. The molecule has 1 amide bonds. The van der Waals surface area contributed by atoms with Gasteiger partial charge in [-0.25, -0.2) is 9.97 Å². The van der Waals surface area contributed by atoms with E-state index in [1.165, 1.54) is 10.4 Å². The number of thiophene rings is 1. The minimum atomic E-state index is -0.0256. The molecule has 152 valence electrons. The lowest BCUT2D eigenvalue weighted by Crippen LogP contribution is -2.17. The van der Waals surface area contributed by atoms with Gasteiger partial charge in [-0.2, -0.15) is 0 Å². The molecule has 5 nitrogen and oxygen atoms in total. The van der Waals surface area contributed by atoms with E-state index in [-0.39, 0.29) is 5.91 Å². The van der Waals surface area contributed by atoms with Crippen LogP contribution in [0.4, 0.5) is 11.5 Å². The number of aryl methyl sites for hydroxylation is 3. The summed E-state index contributed by atoms with van der Waals surface area (Å²) < 4.78 is 0. The molecule has 0 aliphatic rings. The monoisotopic (exact) mass is 416 g/mol. The molecular formula is C24H24N4OS. The van der Waals surface area contributed by atoms with Crippen LogP contribution in [0.2, 0.25) is 0 Å². The highest BCUT2D eigenvalue weighted by atomic mass is 32.1. The summed E-state index contributed by atoms with van der Waals surface area (Å²) in [6.45, 7) is 6.67. The zero-order valence-electron chi connectivity index (χ0n) is 17.3. The van der Waals surface area contributed by atoms with Crippen LogP contribution in [-0.4, -0.2) is 22.4 Å². The fourth-order valence-corrected chi connectivity index (χ4v) is 4.48. The van der Waals surface area contributed by atoms with Crippen LogP contribution >= 0.6 is 11.3 Å². The fourth-order valence-electron chi connectivity index (χ4n) is 3.47. The van der Waals surface area contributed by atoms with Crippen LogP contribution in [0.15, 0.2) is 54.9 Å². The number of carbonyl (C=O) groups excluding carboxylic acids is 1. The number of hydrogen-bond donors (Lipinski definition) is 2. The van der Waals surface area contributed by atoms with Gasteiger partial charge in [0.2, 0.25) is 5.91 Å². The number of amides is 1. The highest BCUT2D eigenvalue weighted by molar-refractivity contribution is 7.19. The maximum atomic E-state index is 12.4. The summed E-state index contributed by atoms with van der Waals surface area (Å²) in [4.78, 5) is 23.4. The minimum Gasteiger partial charge on any atom is -0.369 e. The molecule has 2 aromatic heterocycles. The van der Waals surface area contributed by atoms with E-state index in [1.54, 1.807) is 17.7 Å². The third-order valence-electron chi connectivity index (χ3n) is 5.07. The summed E-state index contributed by atoms with van der Waals surface area (Å²) in [6, 6.07) is 16.3. The van der Waals surface area contributed by atoms with E-state index in [4.69, 9.17) is 0 Å². The Kier molecular flexibility index (Phi) is 5.77. The number of nitrogens with zero attached hydrogens (tertiary/aromatic N) is 2. The Morgan fingerprint density at radius 1 is 1.00 bits per heavy atom. The quantitative estimate of drug-likeness (QED) is 0.422. The maximum absolute atomic E-state index is 12.4. The summed E-state index contributed by atoms with van der Waals surface area (Å²) in [5, 5.41) is 7.34. The summed E-state index contributed by atoms with van der Waals surface area (Å²) in [5.74, 6) is 0.742. The second kappa shape index (κ2) is 8.63.